The maximum atomic E-state index is 12.3. The third-order valence-electron chi connectivity index (χ3n) is 4.00. The van der Waals surface area contributed by atoms with Crippen LogP contribution < -0.4 is 5.32 Å². The summed E-state index contributed by atoms with van der Waals surface area (Å²) in [4.78, 5) is 16.2. The molecule has 1 aromatic rings. The van der Waals surface area contributed by atoms with E-state index in [2.05, 4.69) is 24.1 Å². The zero-order chi connectivity index (χ0) is 13.8. The highest BCUT2D eigenvalue weighted by Crippen LogP contribution is 2.30. The van der Waals surface area contributed by atoms with Crippen molar-refractivity contribution in [2.45, 2.75) is 45.6 Å². The lowest BCUT2D eigenvalue weighted by atomic mass is 9.78. The third kappa shape index (κ3) is 3.47. The molecular weight excluding hydrogens is 260 g/mol. The predicted octanol–water partition coefficient (Wildman–Crippen LogP) is 3.68. The van der Waals surface area contributed by atoms with Gasteiger partial charge in [0.1, 0.15) is 5.15 Å². The van der Waals surface area contributed by atoms with Gasteiger partial charge in [-0.15, -0.1) is 0 Å². The highest BCUT2D eigenvalue weighted by Gasteiger charge is 2.29. The highest BCUT2D eigenvalue weighted by molar-refractivity contribution is 6.32. The Bertz CT molecular complexity index is 448. The Hall–Kier alpha value is -1.09. The number of carbonyl (C=O) groups excluding carboxylic acids is 1. The zero-order valence-electron chi connectivity index (χ0n) is 11.5. The first-order valence-corrected chi connectivity index (χ1v) is 7.38. The van der Waals surface area contributed by atoms with Crippen LogP contribution in [-0.4, -0.2) is 16.9 Å². The van der Waals surface area contributed by atoms with Gasteiger partial charge in [0.2, 0.25) is 0 Å². The normalized spacial score (nSPS) is 23.4. The summed E-state index contributed by atoms with van der Waals surface area (Å²) >= 11 is 5.96. The molecule has 0 bridgehead atoms. The monoisotopic (exact) mass is 280 g/mol. The molecule has 0 radical (unpaired) electrons. The molecule has 3 nitrogen and oxygen atoms in total. The van der Waals surface area contributed by atoms with E-state index in [1.807, 2.05) is 0 Å². The molecule has 1 aliphatic rings. The lowest BCUT2D eigenvalue weighted by Gasteiger charge is -2.34. The van der Waals surface area contributed by atoms with Crippen LogP contribution in [0.5, 0.6) is 0 Å². The Labute approximate surface area is 119 Å². The molecule has 2 unspecified atom stereocenters. The first-order valence-electron chi connectivity index (χ1n) is 7.01. The standard InChI is InChI=1S/C15H21ClN2O/c1-10(2)11-6-3-4-8-13(11)18-15(19)12-7-5-9-17-14(12)16/h5,7,9-11,13H,3-4,6,8H2,1-2H3,(H,18,19). The van der Waals surface area contributed by atoms with Crippen LogP contribution in [0.1, 0.15) is 49.9 Å². The average molecular weight is 281 g/mol. The molecule has 0 spiro atoms. The summed E-state index contributed by atoms with van der Waals surface area (Å²) in [7, 11) is 0. The lowest BCUT2D eigenvalue weighted by molar-refractivity contribution is 0.0889. The van der Waals surface area contributed by atoms with Crippen molar-refractivity contribution in [2.24, 2.45) is 11.8 Å². The van der Waals surface area contributed by atoms with E-state index in [-0.39, 0.29) is 17.1 Å². The van der Waals surface area contributed by atoms with Crippen molar-refractivity contribution in [1.82, 2.24) is 10.3 Å². The van der Waals surface area contributed by atoms with E-state index >= 15 is 0 Å². The Morgan fingerprint density at radius 3 is 2.84 bits per heavy atom. The second-order valence-corrected chi connectivity index (χ2v) is 5.97. The number of nitrogens with zero attached hydrogens (tertiary/aromatic N) is 1. The summed E-state index contributed by atoms with van der Waals surface area (Å²) in [5, 5.41) is 3.42. The topological polar surface area (TPSA) is 42.0 Å². The summed E-state index contributed by atoms with van der Waals surface area (Å²) in [6.07, 6.45) is 6.31. The van der Waals surface area contributed by atoms with Crippen molar-refractivity contribution < 1.29 is 4.79 Å². The van der Waals surface area contributed by atoms with E-state index in [4.69, 9.17) is 11.6 Å². The summed E-state index contributed by atoms with van der Waals surface area (Å²) in [6.45, 7) is 4.46. The number of aromatic nitrogens is 1. The number of hydrogen-bond donors (Lipinski definition) is 1. The van der Waals surface area contributed by atoms with Crippen molar-refractivity contribution in [1.29, 1.82) is 0 Å². The summed E-state index contributed by atoms with van der Waals surface area (Å²) < 4.78 is 0. The Kier molecular flexibility index (Phi) is 4.81. The molecule has 1 aliphatic carbocycles. The maximum Gasteiger partial charge on any atom is 0.254 e. The molecule has 2 rings (SSSR count). The van der Waals surface area contributed by atoms with Gasteiger partial charge in [-0.2, -0.15) is 0 Å². The van der Waals surface area contributed by atoms with E-state index in [0.717, 1.165) is 6.42 Å². The van der Waals surface area contributed by atoms with Gasteiger partial charge in [-0.05, 0) is 36.8 Å². The molecule has 1 saturated carbocycles. The van der Waals surface area contributed by atoms with Crippen LogP contribution in [0.3, 0.4) is 0 Å². The minimum absolute atomic E-state index is 0.101. The average Bonchev–Trinajstić information content (AvgIpc) is 2.39. The van der Waals surface area contributed by atoms with Crippen molar-refractivity contribution in [3.63, 3.8) is 0 Å². The van der Waals surface area contributed by atoms with Gasteiger partial charge < -0.3 is 5.32 Å². The smallest absolute Gasteiger partial charge is 0.254 e. The molecule has 0 saturated heterocycles. The van der Waals surface area contributed by atoms with Crippen molar-refractivity contribution in [2.75, 3.05) is 0 Å². The van der Waals surface area contributed by atoms with Crippen LogP contribution in [0, 0.1) is 11.8 Å². The molecular formula is C15H21ClN2O. The molecule has 1 heterocycles. The van der Waals surface area contributed by atoms with Gasteiger partial charge in [0.05, 0.1) is 5.56 Å². The molecule has 1 N–H and O–H groups in total. The zero-order valence-corrected chi connectivity index (χ0v) is 12.3. The van der Waals surface area contributed by atoms with Crippen molar-refractivity contribution in [3.8, 4) is 0 Å². The summed E-state index contributed by atoms with van der Waals surface area (Å²) in [5.41, 5.74) is 0.470. The molecule has 0 aromatic carbocycles. The third-order valence-corrected chi connectivity index (χ3v) is 4.30. The molecule has 19 heavy (non-hydrogen) atoms. The fourth-order valence-corrected chi connectivity index (χ4v) is 3.14. The quantitative estimate of drug-likeness (QED) is 0.858. The van der Waals surface area contributed by atoms with E-state index in [0.29, 0.717) is 17.4 Å². The molecule has 0 aliphatic heterocycles. The lowest BCUT2D eigenvalue weighted by Crippen LogP contribution is -2.44. The van der Waals surface area contributed by atoms with Gasteiger partial charge in [-0.1, -0.05) is 38.3 Å². The highest BCUT2D eigenvalue weighted by atomic mass is 35.5. The first-order chi connectivity index (χ1) is 9.09. The van der Waals surface area contributed by atoms with Crippen LogP contribution in [0.4, 0.5) is 0 Å². The van der Waals surface area contributed by atoms with Gasteiger partial charge in [-0.25, -0.2) is 4.98 Å². The van der Waals surface area contributed by atoms with Gasteiger partial charge in [0.25, 0.3) is 5.91 Å². The molecule has 1 amide bonds. The molecule has 1 fully saturated rings. The van der Waals surface area contributed by atoms with Crippen LogP contribution in [0.2, 0.25) is 5.15 Å². The summed E-state index contributed by atoms with van der Waals surface area (Å²) in [6, 6.07) is 3.72. The number of halogens is 1. The van der Waals surface area contributed by atoms with Crippen molar-refractivity contribution in [3.05, 3.63) is 29.0 Å². The summed E-state index contributed by atoms with van der Waals surface area (Å²) in [5.74, 6) is 1.05. The van der Waals surface area contributed by atoms with Crippen LogP contribution in [-0.2, 0) is 0 Å². The van der Waals surface area contributed by atoms with Crippen molar-refractivity contribution >= 4 is 17.5 Å². The van der Waals surface area contributed by atoms with Gasteiger partial charge >= 0.3 is 0 Å². The number of hydrogen-bond acceptors (Lipinski definition) is 2. The number of carbonyl (C=O) groups is 1. The minimum atomic E-state index is -0.101. The minimum Gasteiger partial charge on any atom is -0.349 e. The second kappa shape index (κ2) is 6.38. The van der Waals surface area contributed by atoms with Gasteiger partial charge in [-0.3, -0.25) is 4.79 Å². The number of amides is 1. The number of nitrogens with one attached hydrogen (secondary N) is 1. The number of pyridine rings is 1. The van der Waals surface area contributed by atoms with E-state index in [1.165, 1.54) is 19.3 Å². The van der Waals surface area contributed by atoms with E-state index < -0.39 is 0 Å². The van der Waals surface area contributed by atoms with Gasteiger partial charge in [0, 0.05) is 12.2 Å². The molecule has 104 valence electrons. The Morgan fingerprint density at radius 1 is 1.42 bits per heavy atom. The molecule has 4 heteroatoms. The Morgan fingerprint density at radius 2 is 2.16 bits per heavy atom. The van der Waals surface area contributed by atoms with Crippen LogP contribution in [0.25, 0.3) is 0 Å². The van der Waals surface area contributed by atoms with Gasteiger partial charge in [0.15, 0.2) is 0 Å². The number of rotatable bonds is 3. The fourth-order valence-electron chi connectivity index (χ4n) is 2.94. The fraction of sp³-hybridized carbons (Fsp3) is 0.600. The van der Waals surface area contributed by atoms with E-state index in [9.17, 15) is 4.79 Å². The van der Waals surface area contributed by atoms with Crippen LogP contribution >= 0.6 is 11.6 Å². The Balaban J connectivity index is 2.07. The van der Waals surface area contributed by atoms with E-state index in [1.54, 1.807) is 18.3 Å². The maximum absolute atomic E-state index is 12.3. The largest absolute Gasteiger partial charge is 0.349 e. The first kappa shape index (κ1) is 14.3. The molecule has 2 atom stereocenters. The molecule has 1 aromatic heterocycles. The van der Waals surface area contributed by atoms with Crippen LogP contribution in [0.15, 0.2) is 18.3 Å². The SMILES string of the molecule is CC(C)C1CCCCC1NC(=O)c1cccnc1Cl. The second-order valence-electron chi connectivity index (χ2n) is 5.61. The predicted molar refractivity (Wildman–Crippen MR) is 77.3 cm³/mol.